The van der Waals surface area contributed by atoms with Gasteiger partial charge in [0.05, 0.1) is 29.3 Å². The maximum Gasteiger partial charge on any atom is 0.317 e. The second-order valence-electron chi connectivity index (χ2n) is 7.79. The maximum atomic E-state index is 13.0. The fraction of sp³-hybridized carbons (Fsp3) is 0.435. The van der Waals surface area contributed by atoms with Gasteiger partial charge in [-0.1, -0.05) is 65.7 Å². The monoisotopic (exact) mass is 449 g/mol. The van der Waals surface area contributed by atoms with Crippen LogP contribution in [0.4, 0.5) is 4.79 Å². The minimum atomic E-state index is -0.402. The lowest BCUT2D eigenvalue weighted by atomic mass is 10.0. The van der Waals surface area contributed by atoms with Gasteiger partial charge in [0.25, 0.3) is 0 Å². The zero-order chi connectivity index (χ0) is 21.5. The van der Waals surface area contributed by atoms with Crippen molar-refractivity contribution in [2.75, 3.05) is 33.8 Å². The second kappa shape index (κ2) is 11.0. The van der Waals surface area contributed by atoms with Gasteiger partial charge in [-0.25, -0.2) is 4.79 Å². The Kier molecular flexibility index (Phi) is 8.40. The van der Waals surface area contributed by atoms with Crippen LogP contribution in [0, 0.1) is 0 Å². The average Bonchev–Trinajstić information content (AvgIpc) is 2.76. The van der Waals surface area contributed by atoms with Gasteiger partial charge in [0.1, 0.15) is 0 Å². The lowest BCUT2D eigenvalue weighted by Gasteiger charge is -2.36. The number of benzene rings is 2. The summed E-state index contributed by atoms with van der Waals surface area (Å²) in [5.74, 6) is 0. The van der Waals surface area contributed by atoms with E-state index in [-0.39, 0.29) is 12.1 Å². The van der Waals surface area contributed by atoms with Crippen molar-refractivity contribution in [3.63, 3.8) is 0 Å². The number of rotatable bonds is 7. The zero-order valence-corrected chi connectivity index (χ0v) is 19.0. The van der Waals surface area contributed by atoms with E-state index in [1.807, 2.05) is 49.5 Å². The molecule has 0 aliphatic carbocycles. The van der Waals surface area contributed by atoms with Gasteiger partial charge < -0.3 is 19.9 Å². The molecule has 1 N–H and O–H groups in total. The molecule has 3 rings (SSSR count). The first-order valence-corrected chi connectivity index (χ1v) is 11.0. The Bertz CT molecular complexity index is 826. The van der Waals surface area contributed by atoms with Crippen molar-refractivity contribution in [3.8, 4) is 0 Å². The molecule has 0 bridgehead atoms. The number of ether oxygens (including phenoxy) is 1. The maximum absolute atomic E-state index is 13.0. The molecular weight excluding hydrogens is 421 g/mol. The zero-order valence-electron chi connectivity index (χ0n) is 17.5. The molecule has 1 aliphatic heterocycles. The van der Waals surface area contributed by atoms with Crippen molar-refractivity contribution < 1.29 is 9.53 Å². The number of halogens is 2. The number of amides is 2. The number of urea groups is 1. The van der Waals surface area contributed by atoms with E-state index in [1.165, 1.54) is 0 Å². The van der Waals surface area contributed by atoms with E-state index in [0.717, 1.165) is 37.1 Å². The second-order valence-corrected chi connectivity index (χ2v) is 8.58. The number of likely N-dealkylation sites (tertiary alicyclic amines) is 1. The van der Waals surface area contributed by atoms with Crippen molar-refractivity contribution in [1.82, 2.24) is 15.1 Å². The van der Waals surface area contributed by atoms with Crippen LogP contribution in [0.1, 0.15) is 30.0 Å². The summed E-state index contributed by atoms with van der Waals surface area (Å²) in [6, 6.07) is 15.1. The molecule has 0 radical (unpaired) electrons. The van der Waals surface area contributed by atoms with Gasteiger partial charge in [-0.2, -0.15) is 0 Å². The molecule has 1 fully saturated rings. The molecule has 5 nitrogen and oxygen atoms in total. The van der Waals surface area contributed by atoms with Crippen LogP contribution in [0.2, 0.25) is 10.0 Å². The fourth-order valence-electron chi connectivity index (χ4n) is 3.67. The van der Waals surface area contributed by atoms with E-state index in [4.69, 9.17) is 27.9 Å². The molecule has 1 atom stereocenters. The first-order chi connectivity index (χ1) is 14.5. The predicted octanol–water partition coefficient (Wildman–Crippen LogP) is 4.99. The molecule has 30 heavy (non-hydrogen) atoms. The highest BCUT2D eigenvalue weighted by molar-refractivity contribution is 6.42. The summed E-state index contributed by atoms with van der Waals surface area (Å²) in [6.45, 7) is 2.73. The van der Waals surface area contributed by atoms with Crippen LogP contribution in [0.3, 0.4) is 0 Å². The first kappa shape index (κ1) is 22.9. The van der Waals surface area contributed by atoms with Crippen LogP contribution in [0.5, 0.6) is 0 Å². The minimum absolute atomic E-state index is 0.131. The molecular formula is C23H29Cl2N3O2. The van der Waals surface area contributed by atoms with Crippen LogP contribution in [0.15, 0.2) is 48.5 Å². The highest BCUT2D eigenvalue weighted by Gasteiger charge is 2.26. The van der Waals surface area contributed by atoms with Crippen molar-refractivity contribution in [1.29, 1.82) is 0 Å². The highest BCUT2D eigenvalue weighted by atomic mass is 35.5. The summed E-state index contributed by atoms with van der Waals surface area (Å²) in [7, 11) is 3.96. The molecule has 2 amide bonds. The molecule has 2 aromatic carbocycles. The predicted molar refractivity (Wildman–Crippen MR) is 122 cm³/mol. The molecule has 2 aromatic rings. The highest BCUT2D eigenvalue weighted by Crippen LogP contribution is 2.30. The number of carbonyl (C=O) groups excluding carboxylic acids is 1. The number of nitrogens with one attached hydrogen (secondary N) is 1. The van der Waals surface area contributed by atoms with E-state index in [2.05, 4.69) is 17.3 Å². The number of nitrogens with zero attached hydrogens (tertiary/aromatic N) is 2. The van der Waals surface area contributed by atoms with Crippen LogP contribution >= 0.6 is 23.2 Å². The quantitative estimate of drug-likeness (QED) is 0.647. The van der Waals surface area contributed by atoms with Gasteiger partial charge in [0.2, 0.25) is 0 Å². The summed E-state index contributed by atoms with van der Waals surface area (Å²) in [4.78, 5) is 17.1. The third kappa shape index (κ3) is 6.11. The molecule has 0 unspecified atom stereocenters. The summed E-state index contributed by atoms with van der Waals surface area (Å²) in [5, 5.41) is 4.00. The van der Waals surface area contributed by atoms with Crippen molar-refractivity contribution in [2.24, 2.45) is 0 Å². The van der Waals surface area contributed by atoms with Gasteiger partial charge in [-0.15, -0.1) is 0 Å². The third-order valence-corrected chi connectivity index (χ3v) is 6.44. The molecule has 162 valence electrons. The Morgan fingerprint density at radius 3 is 2.57 bits per heavy atom. The van der Waals surface area contributed by atoms with Crippen LogP contribution in [0.25, 0.3) is 0 Å². The van der Waals surface area contributed by atoms with Crippen molar-refractivity contribution >= 4 is 29.2 Å². The molecule has 0 saturated carbocycles. The van der Waals surface area contributed by atoms with E-state index < -0.39 is 6.04 Å². The summed E-state index contributed by atoms with van der Waals surface area (Å²) in [5.41, 5.74) is 1.82. The molecule has 1 aliphatic rings. The molecule has 1 heterocycles. The summed E-state index contributed by atoms with van der Waals surface area (Å²) in [6.07, 6.45) is 1.93. The van der Waals surface area contributed by atoms with Crippen LogP contribution in [-0.2, 0) is 11.3 Å². The van der Waals surface area contributed by atoms with Gasteiger partial charge in [0, 0.05) is 13.1 Å². The Balaban J connectivity index is 1.68. The normalized spacial score (nSPS) is 16.3. The number of piperidine rings is 1. The van der Waals surface area contributed by atoms with E-state index in [9.17, 15) is 4.79 Å². The molecule has 7 heteroatoms. The van der Waals surface area contributed by atoms with Crippen molar-refractivity contribution in [2.45, 2.75) is 31.5 Å². The number of carbonyl (C=O) groups is 1. The molecule has 1 saturated heterocycles. The van der Waals surface area contributed by atoms with Crippen LogP contribution in [-0.4, -0.2) is 55.7 Å². The van der Waals surface area contributed by atoms with Gasteiger partial charge in [0.15, 0.2) is 0 Å². The largest absolute Gasteiger partial charge is 0.374 e. The smallest absolute Gasteiger partial charge is 0.317 e. The average molecular weight is 450 g/mol. The van der Waals surface area contributed by atoms with Gasteiger partial charge in [-0.3, -0.25) is 0 Å². The first-order valence-electron chi connectivity index (χ1n) is 10.2. The lowest BCUT2D eigenvalue weighted by molar-refractivity contribution is 0.0947. The van der Waals surface area contributed by atoms with Gasteiger partial charge >= 0.3 is 6.03 Å². The SMILES string of the molecule is CN1CCC(N(C)C(=O)N[C@@H](COCc2ccccc2)c2cccc(Cl)c2Cl)CC1. The number of hydrogen-bond acceptors (Lipinski definition) is 3. The molecule has 0 aromatic heterocycles. The summed E-state index contributed by atoms with van der Waals surface area (Å²) < 4.78 is 5.93. The Labute approximate surface area is 188 Å². The van der Waals surface area contributed by atoms with Crippen LogP contribution < -0.4 is 5.32 Å². The van der Waals surface area contributed by atoms with Crippen molar-refractivity contribution in [3.05, 3.63) is 69.7 Å². The lowest BCUT2D eigenvalue weighted by Crippen LogP contribution is -2.49. The fourth-order valence-corrected chi connectivity index (χ4v) is 4.11. The number of hydrogen-bond donors (Lipinski definition) is 1. The molecule has 0 spiro atoms. The Hall–Kier alpha value is -1.79. The third-order valence-electron chi connectivity index (χ3n) is 5.61. The standard InChI is InChI=1S/C23H29Cl2N3O2/c1-27-13-11-18(12-14-27)28(2)23(29)26-21(19-9-6-10-20(24)22(19)25)16-30-15-17-7-4-3-5-8-17/h3-10,18,21H,11-16H2,1-2H3,(H,26,29)/t21-/m0/s1. The van der Waals surface area contributed by atoms with Gasteiger partial charge in [-0.05, 0) is 50.2 Å². The summed E-state index contributed by atoms with van der Waals surface area (Å²) >= 11 is 12.7. The van der Waals surface area contributed by atoms with E-state index in [1.54, 1.807) is 11.0 Å². The Morgan fingerprint density at radius 1 is 1.17 bits per heavy atom. The topological polar surface area (TPSA) is 44.8 Å². The van der Waals surface area contributed by atoms with E-state index >= 15 is 0 Å². The Morgan fingerprint density at radius 2 is 1.87 bits per heavy atom. The van der Waals surface area contributed by atoms with E-state index in [0.29, 0.717) is 23.3 Å². The minimum Gasteiger partial charge on any atom is -0.374 e.